The van der Waals surface area contributed by atoms with Crippen molar-refractivity contribution in [2.45, 2.75) is 39.5 Å². The molecule has 0 bridgehead atoms. The Morgan fingerprint density at radius 3 is 2.20 bits per heavy atom. The summed E-state index contributed by atoms with van der Waals surface area (Å²) in [5, 5.41) is 0. The van der Waals surface area contributed by atoms with Crippen molar-refractivity contribution >= 4 is 5.91 Å². The first-order valence-electron chi connectivity index (χ1n) is 9.10. The molecule has 1 aliphatic heterocycles. The molecule has 3 atom stereocenters. The van der Waals surface area contributed by atoms with Crippen molar-refractivity contribution in [3.05, 3.63) is 71.8 Å². The van der Waals surface area contributed by atoms with Crippen molar-refractivity contribution < 1.29 is 9.53 Å². The number of benzene rings is 2. The molecule has 1 amide bonds. The highest BCUT2D eigenvalue weighted by molar-refractivity contribution is 5.77. The molecule has 3 heteroatoms. The molecule has 1 saturated heterocycles. The summed E-state index contributed by atoms with van der Waals surface area (Å²) < 4.78 is 6.00. The number of rotatable bonds is 6. The monoisotopic (exact) mass is 337 g/mol. The third-order valence-corrected chi connectivity index (χ3v) is 5.32. The van der Waals surface area contributed by atoms with Gasteiger partial charge in [-0.2, -0.15) is 0 Å². The lowest BCUT2D eigenvalue weighted by molar-refractivity contribution is -0.145. The molecule has 132 valence electrons. The SMILES string of the molecule is CC1CC(=O)N(Cc2ccccc2)C(COCc2ccccc2)C1C. The quantitative estimate of drug-likeness (QED) is 0.787. The van der Waals surface area contributed by atoms with E-state index in [-0.39, 0.29) is 11.9 Å². The number of carbonyl (C=O) groups is 1. The van der Waals surface area contributed by atoms with Crippen LogP contribution in [0.4, 0.5) is 0 Å². The van der Waals surface area contributed by atoms with Crippen LogP contribution < -0.4 is 0 Å². The number of likely N-dealkylation sites (tertiary alicyclic amines) is 1. The highest BCUT2D eigenvalue weighted by atomic mass is 16.5. The molecule has 1 heterocycles. The zero-order valence-corrected chi connectivity index (χ0v) is 15.1. The Labute approximate surface area is 150 Å². The summed E-state index contributed by atoms with van der Waals surface area (Å²) in [7, 11) is 0. The number of hydrogen-bond donors (Lipinski definition) is 0. The molecule has 1 fully saturated rings. The maximum atomic E-state index is 12.7. The van der Waals surface area contributed by atoms with E-state index < -0.39 is 0 Å². The molecule has 2 aromatic carbocycles. The predicted molar refractivity (Wildman–Crippen MR) is 99.8 cm³/mol. The van der Waals surface area contributed by atoms with E-state index in [1.165, 1.54) is 11.1 Å². The van der Waals surface area contributed by atoms with Crippen molar-refractivity contribution in [1.29, 1.82) is 0 Å². The molecule has 0 N–H and O–H groups in total. The summed E-state index contributed by atoms with van der Waals surface area (Å²) in [6.45, 7) is 6.25. The Balaban J connectivity index is 1.68. The molecular weight excluding hydrogens is 310 g/mol. The lowest BCUT2D eigenvalue weighted by atomic mass is 9.81. The minimum Gasteiger partial charge on any atom is -0.375 e. The normalized spacial score (nSPS) is 23.7. The molecule has 25 heavy (non-hydrogen) atoms. The van der Waals surface area contributed by atoms with Gasteiger partial charge in [0.25, 0.3) is 0 Å². The second kappa shape index (κ2) is 8.30. The molecule has 1 aliphatic rings. The molecule has 3 nitrogen and oxygen atoms in total. The largest absolute Gasteiger partial charge is 0.375 e. The van der Waals surface area contributed by atoms with Crippen LogP contribution in [0.3, 0.4) is 0 Å². The van der Waals surface area contributed by atoms with Gasteiger partial charge in [0.15, 0.2) is 0 Å². The van der Waals surface area contributed by atoms with Crippen LogP contribution in [0.15, 0.2) is 60.7 Å². The number of hydrogen-bond acceptors (Lipinski definition) is 2. The molecule has 0 saturated carbocycles. The first-order valence-corrected chi connectivity index (χ1v) is 9.10. The first-order chi connectivity index (χ1) is 12.1. The summed E-state index contributed by atoms with van der Waals surface area (Å²) in [5.41, 5.74) is 2.34. The maximum Gasteiger partial charge on any atom is 0.223 e. The van der Waals surface area contributed by atoms with E-state index in [0.29, 0.717) is 38.0 Å². The summed E-state index contributed by atoms with van der Waals surface area (Å²) >= 11 is 0. The average molecular weight is 337 g/mol. The Morgan fingerprint density at radius 1 is 0.960 bits per heavy atom. The Bertz CT molecular complexity index is 671. The van der Waals surface area contributed by atoms with Gasteiger partial charge in [-0.25, -0.2) is 0 Å². The molecule has 0 radical (unpaired) electrons. The van der Waals surface area contributed by atoms with Gasteiger partial charge < -0.3 is 9.64 Å². The second-order valence-corrected chi connectivity index (χ2v) is 7.12. The third-order valence-electron chi connectivity index (χ3n) is 5.32. The van der Waals surface area contributed by atoms with E-state index in [1.54, 1.807) is 0 Å². The van der Waals surface area contributed by atoms with Gasteiger partial charge in [0, 0.05) is 13.0 Å². The highest BCUT2D eigenvalue weighted by Crippen LogP contribution is 2.31. The van der Waals surface area contributed by atoms with Gasteiger partial charge >= 0.3 is 0 Å². The standard InChI is InChI=1S/C22H27NO2/c1-17-13-22(24)23(14-19-9-5-3-6-10-19)21(18(17)2)16-25-15-20-11-7-4-8-12-20/h3-12,17-18,21H,13-16H2,1-2H3. The van der Waals surface area contributed by atoms with Gasteiger partial charge in [-0.15, -0.1) is 0 Å². The zero-order chi connectivity index (χ0) is 17.6. The molecule has 0 aliphatic carbocycles. The van der Waals surface area contributed by atoms with Crippen LogP contribution in [0.5, 0.6) is 0 Å². The van der Waals surface area contributed by atoms with Gasteiger partial charge in [0.2, 0.25) is 5.91 Å². The third kappa shape index (κ3) is 4.49. The van der Waals surface area contributed by atoms with E-state index in [2.05, 4.69) is 38.1 Å². The Hall–Kier alpha value is -2.13. The number of piperidine rings is 1. The topological polar surface area (TPSA) is 29.5 Å². The van der Waals surface area contributed by atoms with Crippen LogP contribution in [0.2, 0.25) is 0 Å². The minimum absolute atomic E-state index is 0.125. The minimum atomic E-state index is 0.125. The Morgan fingerprint density at radius 2 is 1.56 bits per heavy atom. The second-order valence-electron chi connectivity index (χ2n) is 7.12. The van der Waals surface area contributed by atoms with E-state index in [9.17, 15) is 4.79 Å². The van der Waals surface area contributed by atoms with Gasteiger partial charge in [-0.1, -0.05) is 74.5 Å². The maximum absolute atomic E-state index is 12.7. The number of nitrogens with zero attached hydrogens (tertiary/aromatic N) is 1. The van der Waals surface area contributed by atoms with E-state index in [1.807, 2.05) is 41.3 Å². The van der Waals surface area contributed by atoms with Crippen molar-refractivity contribution in [3.63, 3.8) is 0 Å². The van der Waals surface area contributed by atoms with E-state index in [0.717, 1.165) is 0 Å². The van der Waals surface area contributed by atoms with Gasteiger partial charge in [-0.05, 0) is 23.0 Å². The first kappa shape index (κ1) is 17.7. The average Bonchev–Trinajstić information content (AvgIpc) is 2.64. The molecule has 2 aromatic rings. The molecular formula is C22H27NO2. The summed E-state index contributed by atoms with van der Waals surface area (Å²) in [5.74, 6) is 1.06. The smallest absolute Gasteiger partial charge is 0.223 e. The van der Waals surface area contributed by atoms with Gasteiger partial charge in [0.05, 0.1) is 19.3 Å². The number of carbonyl (C=O) groups excluding carboxylic acids is 1. The van der Waals surface area contributed by atoms with Gasteiger partial charge in [-0.3, -0.25) is 4.79 Å². The van der Waals surface area contributed by atoms with Crippen molar-refractivity contribution in [1.82, 2.24) is 4.90 Å². The fourth-order valence-electron chi connectivity index (χ4n) is 3.53. The fraction of sp³-hybridized carbons (Fsp3) is 0.409. The lowest BCUT2D eigenvalue weighted by Gasteiger charge is -2.43. The van der Waals surface area contributed by atoms with Crippen LogP contribution >= 0.6 is 0 Å². The fourth-order valence-corrected chi connectivity index (χ4v) is 3.53. The van der Waals surface area contributed by atoms with Crippen molar-refractivity contribution in [2.75, 3.05) is 6.61 Å². The van der Waals surface area contributed by atoms with E-state index >= 15 is 0 Å². The number of amides is 1. The molecule has 0 aromatic heterocycles. The predicted octanol–water partition coefficient (Wildman–Crippen LogP) is 4.28. The van der Waals surface area contributed by atoms with Gasteiger partial charge in [0.1, 0.15) is 0 Å². The van der Waals surface area contributed by atoms with Crippen molar-refractivity contribution in [2.24, 2.45) is 11.8 Å². The molecule has 0 spiro atoms. The number of ether oxygens (including phenoxy) is 1. The van der Waals surface area contributed by atoms with Crippen LogP contribution in [-0.2, 0) is 22.7 Å². The molecule has 3 rings (SSSR count). The zero-order valence-electron chi connectivity index (χ0n) is 15.1. The Kier molecular flexibility index (Phi) is 5.87. The van der Waals surface area contributed by atoms with Crippen molar-refractivity contribution in [3.8, 4) is 0 Å². The van der Waals surface area contributed by atoms with Crippen LogP contribution in [0, 0.1) is 11.8 Å². The lowest BCUT2D eigenvalue weighted by Crippen LogP contribution is -2.52. The highest BCUT2D eigenvalue weighted by Gasteiger charge is 2.37. The molecule has 3 unspecified atom stereocenters. The summed E-state index contributed by atoms with van der Waals surface area (Å²) in [4.78, 5) is 14.7. The van der Waals surface area contributed by atoms with Crippen LogP contribution in [-0.4, -0.2) is 23.5 Å². The summed E-state index contributed by atoms with van der Waals surface area (Å²) in [6, 6.07) is 20.5. The summed E-state index contributed by atoms with van der Waals surface area (Å²) in [6.07, 6.45) is 0.628. The van der Waals surface area contributed by atoms with Crippen LogP contribution in [0.1, 0.15) is 31.4 Å². The van der Waals surface area contributed by atoms with Crippen LogP contribution in [0.25, 0.3) is 0 Å². The van der Waals surface area contributed by atoms with E-state index in [4.69, 9.17) is 4.74 Å².